The van der Waals surface area contributed by atoms with Crippen LogP contribution in [0, 0.1) is 0 Å². The molecule has 8 nitrogen and oxygen atoms in total. The zero-order valence-corrected chi connectivity index (χ0v) is 26.6. The van der Waals surface area contributed by atoms with Gasteiger partial charge in [0.25, 0.3) is 5.91 Å². The van der Waals surface area contributed by atoms with Gasteiger partial charge >= 0.3 is 5.97 Å². The number of hydrogen-bond acceptors (Lipinski definition) is 7. The number of nitrogens with zero attached hydrogens (tertiary/aromatic N) is 2. The van der Waals surface area contributed by atoms with Crippen molar-refractivity contribution in [2.24, 2.45) is 0 Å². The van der Waals surface area contributed by atoms with E-state index in [1.807, 2.05) is 60.7 Å². The van der Waals surface area contributed by atoms with Gasteiger partial charge in [0, 0.05) is 18.2 Å². The lowest BCUT2D eigenvalue weighted by Crippen LogP contribution is -3.00. The first-order valence-electron chi connectivity index (χ1n) is 13.3. The van der Waals surface area contributed by atoms with Gasteiger partial charge in [0.15, 0.2) is 17.6 Å². The topological polar surface area (TPSA) is 74.3 Å². The number of carbonyl (C=O) groups excluding carboxylic acids is 2. The summed E-state index contributed by atoms with van der Waals surface area (Å²) in [4.78, 5) is 29.1. The molecule has 2 aliphatic rings. The first-order valence-corrected chi connectivity index (χ1v) is 14.2. The van der Waals surface area contributed by atoms with Crippen LogP contribution < -0.4 is 43.1 Å². The minimum Gasteiger partial charge on any atom is -1.00 e. The van der Waals surface area contributed by atoms with Crippen LogP contribution in [0.25, 0.3) is 0 Å². The lowest BCUT2D eigenvalue weighted by Gasteiger charge is -2.33. The van der Waals surface area contributed by atoms with E-state index in [9.17, 15) is 9.59 Å². The molecule has 0 saturated carbocycles. The van der Waals surface area contributed by atoms with E-state index in [0.29, 0.717) is 11.0 Å². The first-order chi connectivity index (χ1) is 19.2. The molecule has 10 heteroatoms. The highest BCUT2D eigenvalue weighted by molar-refractivity contribution is 7.99. The van der Waals surface area contributed by atoms with E-state index in [-0.39, 0.29) is 36.7 Å². The number of fused-ring (bicyclic) bond motifs is 2. The molecule has 0 aromatic heterocycles. The smallest absolute Gasteiger partial charge is 0.303 e. The molecule has 2 heterocycles. The Morgan fingerprint density at radius 3 is 2.49 bits per heavy atom. The Morgan fingerprint density at radius 2 is 1.76 bits per heavy atom. The third-order valence-electron chi connectivity index (χ3n) is 7.30. The third-order valence-corrected chi connectivity index (χ3v) is 8.68. The number of amides is 1. The van der Waals surface area contributed by atoms with Gasteiger partial charge in [-0.2, -0.15) is 0 Å². The number of para-hydroxylation sites is 1. The number of quaternary nitrogens is 1. The quantitative estimate of drug-likeness (QED) is 0.193. The molecule has 0 fully saturated rings. The summed E-state index contributed by atoms with van der Waals surface area (Å²) >= 11 is 1.54. The molecule has 0 bridgehead atoms. The van der Waals surface area contributed by atoms with Crippen LogP contribution >= 0.6 is 11.8 Å². The molecule has 2 atom stereocenters. The van der Waals surface area contributed by atoms with Crippen LogP contribution in [0.1, 0.15) is 23.3 Å². The van der Waals surface area contributed by atoms with Gasteiger partial charge in [0.05, 0.1) is 51.8 Å². The van der Waals surface area contributed by atoms with Crippen molar-refractivity contribution < 1.29 is 57.0 Å². The Kier molecular flexibility index (Phi) is 10.1. The number of methoxy groups -OCH3 is 1. The SMILES string of the molecule is COc1ccc([C@H]2Sc3ccccc3N(CC[N+](C)(C)CCc3ccc4c(c3)OCO4)C(=O)[C@H]2OC(C)=O)cc1.[I-]. The summed E-state index contributed by atoms with van der Waals surface area (Å²) in [7, 11) is 5.95. The molecule has 41 heavy (non-hydrogen) atoms. The van der Waals surface area contributed by atoms with E-state index in [4.69, 9.17) is 18.9 Å². The largest absolute Gasteiger partial charge is 1.00 e. The number of anilines is 1. The Hall–Kier alpha value is -2.96. The highest BCUT2D eigenvalue weighted by atomic mass is 127. The second-order valence-corrected chi connectivity index (χ2v) is 11.8. The summed E-state index contributed by atoms with van der Waals surface area (Å²) < 4.78 is 22.7. The Labute approximate surface area is 262 Å². The van der Waals surface area contributed by atoms with Crippen LogP contribution in [0.3, 0.4) is 0 Å². The summed E-state index contributed by atoms with van der Waals surface area (Å²) in [5, 5.41) is -0.401. The minimum atomic E-state index is -0.965. The predicted octanol–water partition coefficient (Wildman–Crippen LogP) is 1.86. The first kappa shape index (κ1) is 31.0. The fraction of sp³-hybridized carbons (Fsp3) is 0.355. The highest BCUT2D eigenvalue weighted by Crippen LogP contribution is 2.47. The monoisotopic (exact) mass is 690 g/mol. The summed E-state index contributed by atoms with van der Waals surface area (Å²) in [6.07, 6.45) is -0.104. The summed E-state index contributed by atoms with van der Waals surface area (Å²) in [6.45, 7) is 3.69. The van der Waals surface area contributed by atoms with Gasteiger partial charge in [-0.15, -0.1) is 11.8 Å². The summed E-state index contributed by atoms with van der Waals surface area (Å²) in [6, 6.07) is 21.5. The number of esters is 1. The number of hydrogen-bond donors (Lipinski definition) is 0. The molecule has 0 aliphatic carbocycles. The minimum absolute atomic E-state index is 0. The van der Waals surface area contributed by atoms with E-state index in [1.165, 1.54) is 12.5 Å². The Bertz CT molecular complexity index is 1380. The molecule has 0 unspecified atom stereocenters. The van der Waals surface area contributed by atoms with Crippen molar-refractivity contribution in [3.63, 3.8) is 0 Å². The van der Waals surface area contributed by atoms with Crippen LogP contribution in [0.2, 0.25) is 0 Å². The molecule has 0 spiro atoms. The van der Waals surface area contributed by atoms with E-state index in [2.05, 4.69) is 20.2 Å². The number of benzene rings is 3. The van der Waals surface area contributed by atoms with Crippen molar-refractivity contribution in [3.05, 3.63) is 77.9 Å². The summed E-state index contributed by atoms with van der Waals surface area (Å²) in [5.41, 5.74) is 2.91. The highest BCUT2D eigenvalue weighted by Gasteiger charge is 2.41. The van der Waals surface area contributed by atoms with E-state index in [1.54, 1.807) is 23.8 Å². The third kappa shape index (κ3) is 7.28. The Morgan fingerprint density at radius 1 is 1.02 bits per heavy atom. The fourth-order valence-electron chi connectivity index (χ4n) is 4.95. The predicted molar refractivity (Wildman–Crippen MR) is 154 cm³/mol. The standard InChI is InChI=1S/C31H35N2O6S.HI/c1-21(34)39-29-30(23-10-12-24(36-4)13-11-23)40-28-8-6-5-7-25(28)32(31(29)35)16-18-33(2,3)17-15-22-9-14-26-27(19-22)38-20-37-26;/h5-14,19,29-30H,15-18,20H2,1-4H3;1H/q+1;/p-1/t29-,30+;/m0./s1. The van der Waals surface area contributed by atoms with Crippen molar-refractivity contribution >= 4 is 29.3 Å². The second kappa shape index (κ2) is 13.3. The van der Waals surface area contributed by atoms with Crippen LogP contribution in [0.4, 0.5) is 5.69 Å². The molecular formula is C31H35IN2O6S. The van der Waals surface area contributed by atoms with Crippen molar-refractivity contribution in [3.8, 4) is 17.2 Å². The molecule has 3 aromatic carbocycles. The normalized spacial score (nSPS) is 17.8. The van der Waals surface area contributed by atoms with Crippen molar-refractivity contribution in [1.29, 1.82) is 0 Å². The number of likely N-dealkylation sites (N-methyl/N-ethyl adjacent to an activating group) is 1. The van der Waals surface area contributed by atoms with Gasteiger partial charge in [0.2, 0.25) is 6.79 Å². The molecule has 0 N–H and O–H groups in total. The second-order valence-electron chi connectivity index (χ2n) is 10.6. The molecule has 3 aromatic rings. The molecule has 5 rings (SSSR count). The van der Waals surface area contributed by atoms with Gasteiger partial charge in [-0.25, -0.2) is 0 Å². The van der Waals surface area contributed by atoms with Crippen LogP contribution in [0.15, 0.2) is 71.6 Å². The maximum absolute atomic E-state index is 14.1. The number of carbonyl (C=O) groups is 2. The van der Waals surface area contributed by atoms with Crippen molar-refractivity contribution in [1.82, 2.24) is 0 Å². The van der Waals surface area contributed by atoms with E-state index in [0.717, 1.165) is 52.9 Å². The van der Waals surface area contributed by atoms with Crippen LogP contribution in [0.5, 0.6) is 17.2 Å². The van der Waals surface area contributed by atoms with Crippen LogP contribution in [-0.4, -0.2) is 70.1 Å². The number of rotatable bonds is 9. The summed E-state index contributed by atoms with van der Waals surface area (Å²) in [5.74, 6) is 1.59. The Balaban J connectivity index is 0.00000387. The average Bonchev–Trinajstić information content (AvgIpc) is 3.38. The van der Waals surface area contributed by atoms with Crippen molar-refractivity contribution in [2.45, 2.75) is 29.6 Å². The maximum atomic E-state index is 14.1. The van der Waals surface area contributed by atoms with Gasteiger partial charge in [0.1, 0.15) is 5.75 Å². The molecular weight excluding hydrogens is 655 g/mol. The van der Waals surface area contributed by atoms with Crippen molar-refractivity contribution in [2.75, 3.05) is 52.5 Å². The van der Waals surface area contributed by atoms with Gasteiger partial charge in [-0.1, -0.05) is 30.3 Å². The van der Waals surface area contributed by atoms with Gasteiger partial charge in [-0.3, -0.25) is 9.59 Å². The zero-order valence-electron chi connectivity index (χ0n) is 23.7. The molecule has 2 aliphatic heterocycles. The van der Waals surface area contributed by atoms with Gasteiger partial charge in [-0.05, 0) is 47.5 Å². The molecule has 0 saturated heterocycles. The average molecular weight is 691 g/mol. The molecule has 1 amide bonds. The fourth-order valence-corrected chi connectivity index (χ4v) is 6.27. The number of ether oxygens (including phenoxy) is 4. The lowest BCUT2D eigenvalue weighted by molar-refractivity contribution is -0.888. The number of halogens is 1. The zero-order chi connectivity index (χ0) is 28.3. The van der Waals surface area contributed by atoms with Crippen LogP contribution in [-0.2, 0) is 20.7 Å². The van der Waals surface area contributed by atoms with E-state index >= 15 is 0 Å². The molecule has 0 radical (unpaired) electrons. The van der Waals surface area contributed by atoms with Gasteiger partial charge < -0.3 is 52.3 Å². The lowest BCUT2D eigenvalue weighted by atomic mass is 10.1. The molecule has 218 valence electrons. The number of thioether (sulfide) groups is 1. The maximum Gasteiger partial charge on any atom is 0.303 e. The van der Waals surface area contributed by atoms with E-state index < -0.39 is 17.3 Å².